The topological polar surface area (TPSA) is 98.1 Å². The Labute approximate surface area is 103 Å². The summed E-state index contributed by atoms with van der Waals surface area (Å²) in [7, 11) is 0. The molecule has 0 saturated carbocycles. The van der Waals surface area contributed by atoms with Gasteiger partial charge in [0.25, 0.3) is 11.5 Å². The van der Waals surface area contributed by atoms with Gasteiger partial charge in [-0.05, 0) is 13.8 Å². The minimum Gasteiger partial charge on any atom is -0.330 e. The standard InChI is InChI=1S/C11H16N4O3/c1-11(2)6-12-3-4-15(11)9(17)7-5-8(16)14-10(18)13-7/h5,12H,3-4,6H2,1-2H3,(H2,13,14,16,18). The summed E-state index contributed by atoms with van der Waals surface area (Å²) in [4.78, 5) is 40.7. The molecular weight excluding hydrogens is 236 g/mol. The lowest BCUT2D eigenvalue weighted by Gasteiger charge is -2.42. The Morgan fingerprint density at radius 3 is 2.67 bits per heavy atom. The molecule has 2 rings (SSSR count). The lowest BCUT2D eigenvalue weighted by atomic mass is 9.99. The van der Waals surface area contributed by atoms with Gasteiger partial charge in [0.1, 0.15) is 5.69 Å². The molecule has 0 atom stereocenters. The second kappa shape index (κ2) is 4.41. The maximum absolute atomic E-state index is 12.3. The first kappa shape index (κ1) is 12.6. The van der Waals surface area contributed by atoms with Crippen molar-refractivity contribution in [2.45, 2.75) is 19.4 Å². The zero-order valence-electron chi connectivity index (χ0n) is 10.4. The number of carbonyl (C=O) groups is 1. The predicted octanol–water partition coefficient (Wildman–Crippen LogP) is -1.11. The molecule has 1 aliphatic heterocycles. The van der Waals surface area contributed by atoms with Gasteiger partial charge in [0.2, 0.25) is 0 Å². The van der Waals surface area contributed by atoms with E-state index in [1.54, 1.807) is 4.90 Å². The first-order valence-corrected chi connectivity index (χ1v) is 5.76. The van der Waals surface area contributed by atoms with Crippen LogP contribution in [-0.2, 0) is 0 Å². The van der Waals surface area contributed by atoms with Crippen molar-refractivity contribution in [3.8, 4) is 0 Å². The number of nitrogens with zero attached hydrogens (tertiary/aromatic N) is 1. The second-order valence-corrected chi connectivity index (χ2v) is 4.95. The zero-order chi connectivity index (χ0) is 13.3. The molecule has 0 spiro atoms. The third kappa shape index (κ3) is 2.35. The van der Waals surface area contributed by atoms with Crippen LogP contribution in [0.25, 0.3) is 0 Å². The lowest BCUT2D eigenvalue weighted by molar-refractivity contribution is 0.0470. The lowest BCUT2D eigenvalue weighted by Crippen LogP contribution is -2.60. The summed E-state index contributed by atoms with van der Waals surface area (Å²) in [6.45, 7) is 5.78. The van der Waals surface area contributed by atoms with Gasteiger partial charge < -0.3 is 15.2 Å². The Morgan fingerprint density at radius 1 is 1.33 bits per heavy atom. The molecule has 7 heteroatoms. The van der Waals surface area contributed by atoms with Crippen molar-refractivity contribution < 1.29 is 4.79 Å². The molecule has 0 bridgehead atoms. The normalized spacial score (nSPS) is 18.7. The highest BCUT2D eigenvalue weighted by Gasteiger charge is 2.34. The Hall–Kier alpha value is -1.89. The van der Waals surface area contributed by atoms with E-state index in [1.807, 2.05) is 18.8 Å². The van der Waals surface area contributed by atoms with E-state index in [9.17, 15) is 14.4 Å². The molecular formula is C11H16N4O3. The first-order chi connectivity index (χ1) is 8.40. The molecule has 2 heterocycles. The summed E-state index contributed by atoms with van der Waals surface area (Å²) >= 11 is 0. The number of amides is 1. The minimum atomic E-state index is -0.668. The fourth-order valence-corrected chi connectivity index (χ4v) is 2.09. The van der Waals surface area contributed by atoms with E-state index in [0.717, 1.165) is 6.07 Å². The molecule has 3 N–H and O–H groups in total. The van der Waals surface area contributed by atoms with E-state index < -0.39 is 11.2 Å². The number of aromatic nitrogens is 2. The molecule has 1 fully saturated rings. The van der Waals surface area contributed by atoms with E-state index in [1.165, 1.54) is 0 Å². The molecule has 1 amide bonds. The summed E-state index contributed by atoms with van der Waals surface area (Å²) in [5.74, 6) is -0.329. The average molecular weight is 252 g/mol. The van der Waals surface area contributed by atoms with Gasteiger partial charge >= 0.3 is 5.69 Å². The first-order valence-electron chi connectivity index (χ1n) is 5.76. The Kier molecular flexibility index (Phi) is 3.08. The van der Waals surface area contributed by atoms with Crippen LogP contribution in [-0.4, -0.2) is 45.9 Å². The van der Waals surface area contributed by atoms with Crippen LogP contribution in [0.4, 0.5) is 0 Å². The van der Waals surface area contributed by atoms with E-state index >= 15 is 0 Å². The van der Waals surface area contributed by atoms with Crippen LogP contribution in [0.15, 0.2) is 15.7 Å². The van der Waals surface area contributed by atoms with Crippen LogP contribution in [0.2, 0.25) is 0 Å². The average Bonchev–Trinajstić information content (AvgIpc) is 2.26. The van der Waals surface area contributed by atoms with Crippen LogP contribution in [0.1, 0.15) is 24.3 Å². The van der Waals surface area contributed by atoms with Crippen LogP contribution in [0, 0.1) is 0 Å². The number of hydrogen-bond donors (Lipinski definition) is 3. The Morgan fingerprint density at radius 2 is 2.06 bits per heavy atom. The van der Waals surface area contributed by atoms with Crippen LogP contribution in [0.3, 0.4) is 0 Å². The van der Waals surface area contributed by atoms with Gasteiger partial charge in [-0.2, -0.15) is 0 Å². The van der Waals surface area contributed by atoms with Gasteiger partial charge in [0.05, 0.1) is 5.54 Å². The molecule has 18 heavy (non-hydrogen) atoms. The maximum atomic E-state index is 12.3. The third-order valence-corrected chi connectivity index (χ3v) is 3.04. The van der Waals surface area contributed by atoms with E-state index in [4.69, 9.17) is 0 Å². The fraction of sp³-hybridized carbons (Fsp3) is 0.545. The summed E-state index contributed by atoms with van der Waals surface area (Å²) in [5, 5.41) is 3.20. The van der Waals surface area contributed by atoms with Crippen molar-refractivity contribution in [2.75, 3.05) is 19.6 Å². The molecule has 1 saturated heterocycles. The van der Waals surface area contributed by atoms with Crippen molar-refractivity contribution in [1.29, 1.82) is 0 Å². The van der Waals surface area contributed by atoms with Gasteiger partial charge in [0, 0.05) is 25.7 Å². The molecule has 98 valence electrons. The number of carbonyl (C=O) groups excluding carboxylic acids is 1. The second-order valence-electron chi connectivity index (χ2n) is 4.95. The summed E-state index contributed by atoms with van der Waals surface area (Å²) in [5.41, 5.74) is -1.57. The van der Waals surface area contributed by atoms with Crippen molar-refractivity contribution in [3.05, 3.63) is 32.6 Å². The molecule has 0 aromatic carbocycles. The number of H-pyrrole nitrogens is 2. The van der Waals surface area contributed by atoms with Gasteiger partial charge in [-0.15, -0.1) is 0 Å². The number of hydrogen-bond acceptors (Lipinski definition) is 4. The summed E-state index contributed by atoms with van der Waals surface area (Å²) < 4.78 is 0. The minimum absolute atomic E-state index is 0.0266. The molecule has 0 unspecified atom stereocenters. The smallest absolute Gasteiger partial charge is 0.326 e. The molecule has 0 radical (unpaired) electrons. The molecule has 1 aromatic heterocycles. The number of rotatable bonds is 1. The number of nitrogens with one attached hydrogen (secondary N) is 3. The summed E-state index contributed by atoms with van der Waals surface area (Å²) in [6, 6.07) is 1.11. The van der Waals surface area contributed by atoms with Gasteiger partial charge in [-0.1, -0.05) is 0 Å². The van der Waals surface area contributed by atoms with Gasteiger partial charge in [-0.3, -0.25) is 14.6 Å². The Balaban J connectivity index is 2.36. The van der Waals surface area contributed by atoms with Crippen LogP contribution < -0.4 is 16.6 Å². The Bertz CT molecular complexity index is 544. The number of aromatic amines is 2. The predicted molar refractivity (Wildman–Crippen MR) is 65.7 cm³/mol. The van der Waals surface area contributed by atoms with E-state index in [0.29, 0.717) is 19.6 Å². The highest BCUT2D eigenvalue weighted by Crippen LogP contribution is 2.17. The van der Waals surface area contributed by atoms with Crippen molar-refractivity contribution in [3.63, 3.8) is 0 Å². The molecule has 1 aromatic rings. The quantitative estimate of drug-likeness (QED) is 0.590. The zero-order valence-corrected chi connectivity index (χ0v) is 10.4. The van der Waals surface area contributed by atoms with Crippen molar-refractivity contribution in [1.82, 2.24) is 20.2 Å². The van der Waals surface area contributed by atoms with Crippen molar-refractivity contribution >= 4 is 5.91 Å². The largest absolute Gasteiger partial charge is 0.330 e. The van der Waals surface area contributed by atoms with E-state index in [-0.39, 0.29) is 17.1 Å². The summed E-state index contributed by atoms with van der Waals surface area (Å²) in [6.07, 6.45) is 0. The van der Waals surface area contributed by atoms with Crippen LogP contribution in [0.5, 0.6) is 0 Å². The molecule has 7 nitrogen and oxygen atoms in total. The van der Waals surface area contributed by atoms with Gasteiger partial charge in [-0.25, -0.2) is 4.79 Å². The maximum Gasteiger partial charge on any atom is 0.326 e. The number of piperazine rings is 1. The fourth-order valence-electron chi connectivity index (χ4n) is 2.09. The van der Waals surface area contributed by atoms with E-state index in [2.05, 4.69) is 10.3 Å². The molecule has 0 aliphatic carbocycles. The SMILES string of the molecule is CC1(C)CNCCN1C(=O)c1cc(=O)[nH]c(=O)[nH]1. The van der Waals surface area contributed by atoms with Gasteiger partial charge in [0.15, 0.2) is 0 Å². The van der Waals surface area contributed by atoms with Crippen LogP contribution >= 0.6 is 0 Å². The molecule has 1 aliphatic rings. The third-order valence-electron chi connectivity index (χ3n) is 3.04. The highest BCUT2D eigenvalue weighted by atomic mass is 16.2. The van der Waals surface area contributed by atoms with Crippen molar-refractivity contribution in [2.24, 2.45) is 0 Å². The highest BCUT2D eigenvalue weighted by molar-refractivity contribution is 5.92. The monoisotopic (exact) mass is 252 g/mol.